The molecule has 0 saturated heterocycles. The van der Waals surface area contributed by atoms with E-state index in [1.807, 2.05) is 25.1 Å². The molecule has 1 amide bonds. The topological polar surface area (TPSA) is 56.9 Å². The molecule has 28 heavy (non-hydrogen) atoms. The maximum atomic E-state index is 13.7. The average Bonchev–Trinajstić information content (AvgIpc) is 3.01. The minimum absolute atomic E-state index is 0.0133. The molecule has 7 heteroatoms. The van der Waals surface area contributed by atoms with Gasteiger partial charge in [0.15, 0.2) is 0 Å². The molecule has 1 heterocycles. The lowest BCUT2D eigenvalue weighted by Crippen LogP contribution is -2.24. The second-order valence-electron chi connectivity index (χ2n) is 6.61. The lowest BCUT2D eigenvalue weighted by molar-refractivity contribution is 0.0946. The predicted octanol–water partition coefficient (Wildman–Crippen LogP) is 5.54. The monoisotopic (exact) mass is 403 g/mol. The first-order valence-electron chi connectivity index (χ1n) is 9.22. The third-order valence-electron chi connectivity index (χ3n) is 4.53. The summed E-state index contributed by atoms with van der Waals surface area (Å²) < 4.78 is 30.1. The number of amides is 1. The van der Waals surface area contributed by atoms with Crippen LogP contribution in [0.4, 0.5) is 14.5 Å². The van der Waals surface area contributed by atoms with Gasteiger partial charge in [-0.15, -0.1) is 0 Å². The van der Waals surface area contributed by atoms with E-state index in [9.17, 15) is 13.6 Å². The highest BCUT2D eigenvalue weighted by Gasteiger charge is 2.15. The van der Waals surface area contributed by atoms with Crippen molar-refractivity contribution in [3.8, 4) is 0 Å². The molecule has 148 valence electrons. The van der Waals surface area contributed by atoms with E-state index in [1.165, 1.54) is 12.1 Å². The van der Waals surface area contributed by atoms with Crippen molar-refractivity contribution in [2.75, 3.05) is 10.5 Å². The molecule has 1 aromatic heterocycles. The van der Waals surface area contributed by atoms with Crippen molar-refractivity contribution in [1.82, 2.24) is 10.3 Å². The van der Waals surface area contributed by atoms with Crippen LogP contribution in [-0.4, -0.2) is 16.6 Å². The standard InChI is InChI=1S/C21H23F2N3OS/c1-3-4-9-28-26-16-7-8-19-17(11-16)13(2)20(25-19)21(27)24-12-14-5-6-15(22)10-18(14)23/h5-8,10-11,25-26H,3-4,9,12H2,1-2H3,(H,24,27). The summed E-state index contributed by atoms with van der Waals surface area (Å²) >= 11 is 1.66. The second-order valence-corrected chi connectivity index (χ2v) is 7.51. The molecule has 0 radical (unpaired) electrons. The van der Waals surface area contributed by atoms with Gasteiger partial charge in [-0.2, -0.15) is 0 Å². The van der Waals surface area contributed by atoms with Crippen molar-refractivity contribution in [2.45, 2.75) is 33.2 Å². The van der Waals surface area contributed by atoms with Crippen molar-refractivity contribution in [2.24, 2.45) is 0 Å². The van der Waals surface area contributed by atoms with Crippen LogP contribution in [0.5, 0.6) is 0 Å². The van der Waals surface area contributed by atoms with Crippen molar-refractivity contribution in [1.29, 1.82) is 0 Å². The Morgan fingerprint density at radius 1 is 1.18 bits per heavy atom. The van der Waals surface area contributed by atoms with Gasteiger partial charge in [-0.1, -0.05) is 31.4 Å². The van der Waals surface area contributed by atoms with Gasteiger partial charge in [0.2, 0.25) is 0 Å². The van der Waals surface area contributed by atoms with Gasteiger partial charge in [-0.05, 0) is 43.2 Å². The summed E-state index contributed by atoms with van der Waals surface area (Å²) in [7, 11) is 0. The minimum atomic E-state index is -0.676. The van der Waals surface area contributed by atoms with Crippen LogP contribution in [0.3, 0.4) is 0 Å². The van der Waals surface area contributed by atoms with Gasteiger partial charge in [-0.25, -0.2) is 8.78 Å². The van der Waals surface area contributed by atoms with Crippen LogP contribution in [-0.2, 0) is 6.54 Å². The molecule has 0 atom stereocenters. The maximum Gasteiger partial charge on any atom is 0.268 e. The average molecular weight is 403 g/mol. The summed E-state index contributed by atoms with van der Waals surface area (Å²) in [5.74, 6) is -0.612. The number of carbonyl (C=O) groups is 1. The van der Waals surface area contributed by atoms with Gasteiger partial charge >= 0.3 is 0 Å². The Bertz CT molecular complexity index is 987. The zero-order valence-electron chi connectivity index (χ0n) is 15.9. The summed E-state index contributed by atoms with van der Waals surface area (Å²) in [5.41, 5.74) is 3.34. The van der Waals surface area contributed by atoms with Gasteiger partial charge in [0.1, 0.15) is 17.3 Å². The highest BCUT2D eigenvalue weighted by Crippen LogP contribution is 2.26. The van der Waals surface area contributed by atoms with Gasteiger partial charge < -0.3 is 15.0 Å². The number of aromatic nitrogens is 1. The smallest absolute Gasteiger partial charge is 0.268 e. The lowest BCUT2D eigenvalue weighted by Gasteiger charge is -2.06. The number of hydrogen-bond donors (Lipinski definition) is 3. The SMILES string of the molecule is CCCCSNc1ccc2[nH]c(C(=O)NCc3ccc(F)cc3F)c(C)c2c1. The zero-order valence-corrected chi connectivity index (χ0v) is 16.7. The molecule has 0 spiro atoms. The lowest BCUT2D eigenvalue weighted by atomic mass is 10.1. The van der Waals surface area contributed by atoms with Gasteiger partial charge in [-0.3, -0.25) is 4.79 Å². The Labute approximate surface area is 167 Å². The molecule has 0 aliphatic heterocycles. The van der Waals surface area contributed by atoms with Gasteiger partial charge in [0, 0.05) is 40.5 Å². The Balaban J connectivity index is 1.71. The molecule has 0 saturated carbocycles. The number of rotatable bonds is 8. The van der Waals surface area contributed by atoms with E-state index in [0.29, 0.717) is 5.69 Å². The first kappa shape index (κ1) is 20.2. The summed E-state index contributed by atoms with van der Waals surface area (Å²) in [6.45, 7) is 4.02. The molecule has 3 N–H and O–H groups in total. The van der Waals surface area contributed by atoms with Crippen molar-refractivity contribution in [3.63, 3.8) is 0 Å². The Hall–Kier alpha value is -2.54. The fraction of sp³-hybridized carbons (Fsp3) is 0.286. The van der Waals surface area contributed by atoms with E-state index in [-0.39, 0.29) is 18.0 Å². The molecule has 0 aliphatic carbocycles. The number of anilines is 1. The van der Waals surface area contributed by atoms with Crippen molar-refractivity contribution >= 4 is 34.4 Å². The molecule has 2 aromatic carbocycles. The third kappa shape index (κ3) is 4.65. The number of H-pyrrole nitrogens is 1. The number of aromatic amines is 1. The summed E-state index contributed by atoms with van der Waals surface area (Å²) in [6, 6.07) is 9.22. The van der Waals surface area contributed by atoms with Crippen LogP contribution in [0, 0.1) is 18.6 Å². The number of benzene rings is 2. The van der Waals surface area contributed by atoms with Crippen LogP contribution >= 0.6 is 11.9 Å². The van der Waals surface area contributed by atoms with E-state index in [4.69, 9.17) is 0 Å². The molecule has 0 aliphatic rings. The van der Waals surface area contributed by atoms with E-state index < -0.39 is 11.6 Å². The van der Waals surface area contributed by atoms with Crippen LogP contribution in [0.2, 0.25) is 0 Å². The fourth-order valence-electron chi connectivity index (χ4n) is 2.90. The molecule has 0 bridgehead atoms. The number of aryl methyl sites for hydroxylation is 1. The number of unbranched alkanes of at least 4 members (excludes halogenated alkanes) is 1. The summed E-state index contributed by atoms with van der Waals surface area (Å²) in [4.78, 5) is 15.7. The van der Waals surface area contributed by atoms with Crippen LogP contribution in [0.1, 0.15) is 41.4 Å². The fourth-order valence-corrected chi connectivity index (χ4v) is 3.73. The number of fused-ring (bicyclic) bond motifs is 1. The maximum absolute atomic E-state index is 13.7. The minimum Gasteiger partial charge on any atom is -0.350 e. The molecule has 3 rings (SSSR count). The zero-order chi connectivity index (χ0) is 20.1. The summed E-state index contributed by atoms with van der Waals surface area (Å²) in [6.07, 6.45) is 2.31. The number of halogens is 2. The Morgan fingerprint density at radius 2 is 2.00 bits per heavy atom. The van der Waals surface area contributed by atoms with E-state index in [1.54, 1.807) is 11.9 Å². The van der Waals surface area contributed by atoms with Crippen LogP contribution in [0.25, 0.3) is 10.9 Å². The number of carbonyl (C=O) groups excluding carboxylic acids is 1. The van der Waals surface area contributed by atoms with Crippen molar-refractivity contribution in [3.05, 3.63) is 64.9 Å². The highest BCUT2D eigenvalue weighted by molar-refractivity contribution is 8.00. The van der Waals surface area contributed by atoms with Gasteiger partial charge in [0.05, 0.1) is 0 Å². The first-order chi connectivity index (χ1) is 13.5. The molecular weight excluding hydrogens is 380 g/mol. The molecule has 0 fully saturated rings. The Kier molecular flexibility index (Phi) is 6.57. The largest absolute Gasteiger partial charge is 0.350 e. The van der Waals surface area contributed by atoms with Crippen LogP contribution < -0.4 is 10.0 Å². The number of nitrogens with one attached hydrogen (secondary N) is 3. The third-order valence-corrected chi connectivity index (χ3v) is 5.40. The number of hydrogen-bond acceptors (Lipinski definition) is 3. The molecule has 3 aromatic rings. The summed E-state index contributed by atoms with van der Waals surface area (Å²) in [5, 5.41) is 3.65. The normalized spacial score (nSPS) is 11.0. The Morgan fingerprint density at radius 3 is 2.75 bits per heavy atom. The molecule has 4 nitrogen and oxygen atoms in total. The highest BCUT2D eigenvalue weighted by atomic mass is 32.2. The molecular formula is C21H23F2N3OS. The molecule has 0 unspecified atom stereocenters. The van der Waals surface area contributed by atoms with Crippen LogP contribution in [0.15, 0.2) is 36.4 Å². The predicted molar refractivity (Wildman–Crippen MR) is 112 cm³/mol. The van der Waals surface area contributed by atoms with E-state index in [0.717, 1.165) is 46.8 Å². The van der Waals surface area contributed by atoms with Gasteiger partial charge in [0.25, 0.3) is 5.91 Å². The van der Waals surface area contributed by atoms with E-state index in [2.05, 4.69) is 21.9 Å². The van der Waals surface area contributed by atoms with E-state index >= 15 is 0 Å². The van der Waals surface area contributed by atoms with Crippen molar-refractivity contribution < 1.29 is 13.6 Å². The second kappa shape index (κ2) is 9.10. The quantitative estimate of drug-likeness (QED) is 0.342. The first-order valence-corrected chi connectivity index (χ1v) is 10.2.